The van der Waals surface area contributed by atoms with Gasteiger partial charge in [-0.15, -0.1) is 0 Å². The van der Waals surface area contributed by atoms with Crippen molar-refractivity contribution in [1.29, 1.82) is 0 Å². The standard InChI is InChI=1S/C11H13ClN4O/c1-6-7(2)17-10(16-6)5-15-11-9(13)3-8(12)4-14-11/h3-4H,5,13H2,1-2H3,(H,14,15). The third kappa shape index (κ3) is 2.68. The van der Waals surface area contributed by atoms with Gasteiger partial charge in [0.15, 0.2) is 0 Å². The highest BCUT2D eigenvalue weighted by molar-refractivity contribution is 6.30. The van der Waals surface area contributed by atoms with Gasteiger partial charge in [0, 0.05) is 6.20 Å². The average Bonchev–Trinajstić information content (AvgIpc) is 2.57. The first-order valence-corrected chi connectivity index (χ1v) is 5.52. The molecule has 0 saturated carbocycles. The van der Waals surface area contributed by atoms with Gasteiger partial charge in [-0.25, -0.2) is 9.97 Å². The second-order valence-corrected chi connectivity index (χ2v) is 4.13. The van der Waals surface area contributed by atoms with E-state index in [1.807, 2.05) is 13.8 Å². The van der Waals surface area contributed by atoms with E-state index in [1.165, 1.54) is 6.20 Å². The Kier molecular flexibility index (Phi) is 3.19. The Morgan fingerprint density at radius 1 is 1.47 bits per heavy atom. The molecule has 0 aliphatic rings. The second-order valence-electron chi connectivity index (χ2n) is 3.69. The van der Waals surface area contributed by atoms with Gasteiger partial charge >= 0.3 is 0 Å². The molecule has 0 fully saturated rings. The maximum Gasteiger partial charge on any atom is 0.213 e. The molecule has 0 saturated heterocycles. The predicted octanol–water partition coefficient (Wildman–Crippen LogP) is 2.53. The second kappa shape index (κ2) is 4.63. The Morgan fingerprint density at radius 2 is 2.24 bits per heavy atom. The first-order valence-electron chi connectivity index (χ1n) is 5.14. The number of nitrogens with one attached hydrogen (secondary N) is 1. The van der Waals surface area contributed by atoms with Crippen LogP contribution >= 0.6 is 11.6 Å². The van der Waals surface area contributed by atoms with Gasteiger partial charge < -0.3 is 15.5 Å². The highest BCUT2D eigenvalue weighted by atomic mass is 35.5. The molecule has 0 unspecified atom stereocenters. The van der Waals surface area contributed by atoms with E-state index in [9.17, 15) is 0 Å². The van der Waals surface area contributed by atoms with Crippen molar-refractivity contribution in [1.82, 2.24) is 9.97 Å². The number of nitrogen functional groups attached to an aromatic ring is 1. The molecule has 0 radical (unpaired) electrons. The Morgan fingerprint density at radius 3 is 2.82 bits per heavy atom. The average molecular weight is 253 g/mol. The van der Waals surface area contributed by atoms with Gasteiger partial charge in [0.25, 0.3) is 0 Å². The van der Waals surface area contributed by atoms with Crippen LogP contribution < -0.4 is 11.1 Å². The number of hydrogen-bond acceptors (Lipinski definition) is 5. The van der Waals surface area contributed by atoms with Crippen LogP contribution in [0, 0.1) is 13.8 Å². The molecular weight excluding hydrogens is 240 g/mol. The van der Waals surface area contributed by atoms with Crippen LogP contribution in [0.15, 0.2) is 16.7 Å². The number of hydrogen-bond donors (Lipinski definition) is 2. The maximum atomic E-state index is 5.76. The van der Waals surface area contributed by atoms with Gasteiger partial charge in [-0.3, -0.25) is 0 Å². The molecule has 0 aliphatic heterocycles. The molecule has 0 atom stereocenters. The summed E-state index contributed by atoms with van der Waals surface area (Å²) >= 11 is 5.76. The summed E-state index contributed by atoms with van der Waals surface area (Å²) in [7, 11) is 0. The Bertz CT molecular complexity index is 519. The summed E-state index contributed by atoms with van der Waals surface area (Å²) in [4.78, 5) is 8.33. The van der Waals surface area contributed by atoms with Crippen molar-refractivity contribution in [2.75, 3.05) is 11.1 Å². The van der Waals surface area contributed by atoms with Crippen LogP contribution in [0.25, 0.3) is 0 Å². The normalized spacial score (nSPS) is 10.5. The molecule has 6 heteroatoms. The first-order chi connectivity index (χ1) is 8.06. The van der Waals surface area contributed by atoms with E-state index in [2.05, 4.69) is 15.3 Å². The number of pyridine rings is 1. The van der Waals surface area contributed by atoms with E-state index in [1.54, 1.807) is 6.07 Å². The van der Waals surface area contributed by atoms with E-state index in [4.69, 9.17) is 21.8 Å². The summed E-state index contributed by atoms with van der Waals surface area (Å²) in [5.41, 5.74) is 7.15. The lowest BCUT2D eigenvalue weighted by atomic mass is 10.4. The Labute approximate surface area is 104 Å². The molecule has 2 heterocycles. The molecule has 17 heavy (non-hydrogen) atoms. The van der Waals surface area contributed by atoms with Crippen molar-refractivity contribution < 1.29 is 4.42 Å². The molecule has 90 valence electrons. The van der Waals surface area contributed by atoms with Crippen molar-refractivity contribution in [2.45, 2.75) is 20.4 Å². The quantitative estimate of drug-likeness (QED) is 0.878. The zero-order chi connectivity index (χ0) is 12.4. The predicted molar refractivity (Wildman–Crippen MR) is 67.0 cm³/mol. The molecule has 0 aliphatic carbocycles. The molecule has 2 aromatic rings. The van der Waals surface area contributed by atoms with Gasteiger partial charge in [-0.05, 0) is 19.9 Å². The molecule has 0 bridgehead atoms. The van der Waals surface area contributed by atoms with Crippen LogP contribution in [0.1, 0.15) is 17.3 Å². The number of aryl methyl sites for hydroxylation is 2. The number of aromatic nitrogens is 2. The number of halogens is 1. The van der Waals surface area contributed by atoms with E-state index in [0.29, 0.717) is 29.0 Å². The third-order valence-electron chi connectivity index (χ3n) is 2.36. The highest BCUT2D eigenvalue weighted by Gasteiger charge is 2.07. The van der Waals surface area contributed by atoms with Crippen molar-refractivity contribution in [3.05, 3.63) is 34.6 Å². The summed E-state index contributed by atoms with van der Waals surface area (Å²) in [5, 5.41) is 3.56. The summed E-state index contributed by atoms with van der Waals surface area (Å²) in [6.07, 6.45) is 1.53. The van der Waals surface area contributed by atoms with Crippen molar-refractivity contribution >= 4 is 23.1 Å². The fraction of sp³-hybridized carbons (Fsp3) is 0.273. The Hall–Kier alpha value is -1.75. The van der Waals surface area contributed by atoms with Gasteiger partial charge in [-0.1, -0.05) is 11.6 Å². The topological polar surface area (TPSA) is 77.0 Å². The third-order valence-corrected chi connectivity index (χ3v) is 2.57. The summed E-state index contributed by atoms with van der Waals surface area (Å²) in [6.45, 7) is 4.21. The van der Waals surface area contributed by atoms with Crippen LogP contribution in [0.2, 0.25) is 5.02 Å². The summed E-state index contributed by atoms with van der Waals surface area (Å²) < 4.78 is 5.43. The van der Waals surface area contributed by atoms with Crippen molar-refractivity contribution in [3.8, 4) is 0 Å². The minimum atomic E-state index is 0.438. The minimum Gasteiger partial charge on any atom is -0.444 e. The van der Waals surface area contributed by atoms with Gasteiger partial charge in [-0.2, -0.15) is 0 Å². The van der Waals surface area contributed by atoms with Crippen LogP contribution in [0.4, 0.5) is 11.5 Å². The maximum absolute atomic E-state index is 5.76. The van der Waals surface area contributed by atoms with E-state index in [0.717, 1.165) is 11.5 Å². The van der Waals surface area contributed by atoms with Crippen molar-refractivity contribution in [3.63, 3.8) is 0 Å². The summed E-state index contributed by atoms with van der Waals surface area (Å²) in [6, 6.07) is 1.64. The lowest BCUT2D eigenvalue weighted by Crippen LogP contribution is -2.04. The smallest absolute Gasteiger partial charge is 0.213 e. The fourth-order valence-corrected chi connectivity index (χ4v) is 1.54. The lowest BCUT2D eigenvalue weighted by molar-refractivity contribution is 0.478. The molecule has 5 nitrogen and oxygen atoms in total. The van der Waals surface area contributed by atoms with Crippen LogP contribution in [0.5, 0.6) is 0 Å². The highest BCUT2D eigenvalue weighted by Crippen LogP contribution is 2.20. The molecule has 2 rings (SSSR count). The zero-order valence-corrected chi connectivity index (χ0v) is 10.4. The molecular formula is C11H13ClN4O. The Balaban J connectivity index is 2.07. The van der Waals surface area contributed by atoms with Gasteiger partial charge in [0.05, 0.1) is 22.9 Å². The zero-order valence-electron chi connectivity index (χ0n) is 9.62. The van der Waals surface area contributed by atoms with E-state index >= 15 is 0 Å². The largest absolute Gasteiger partial charge is 0.444 e. The van der Waals surface area contributed by atoms with E-state index < -0.39 is 0 Å². The molecule has 3 N–H and O–H groups in total. The van der Waals surface area contributed by atoms with Crippen LogP contribution in [0.3, 0.4) is 0 Å². The fourth-order valence-electron chi connectivity index (χ4n) is 1.38. The molecule has 2 aromatic heterocycles. The molecule has 0 aromatic carbocycles. The number of rotatable bonds is 3. The monoisotopic (exact) mass is 252 g/mol. The van der Waals surface area contributed by atoms with Gasteiger partial charge in [0.2, 0.25) is 5.89 Å². The number of oxazole rings is 1. The van der Waals surface area contributed by atoms with E-state index in [-0.39, 0.29) is 0 Å². The first kappa shape index (κ1) is 11.7. The molecule has 0 spiro atoms. The van der Waals surface area contributed by atoms with Crippen LogP contribution in [-0.2, 0) is 6.54 Å². The number of anilines is 2. The summed E-state index contributed by atoms with van der Waals surface area (Å²) in [5.74, 6) is 2.00. The van der Waals surface area contributed by atoms with Crippen molar-refractivity contribution in [2.24, 2.45) is 0 Å². The molecule has 0 amide bonds. The number of nitrogens with zero attached hydrogens (tertiary/aromatic N) is 2. The van der Waals surface area contributed by atoms with Crippen LogP contribution in [-0.4, -0.2) is 9.97 Å². The SMILES string of the molecule is Cc1nc(CNc2ncc(Cl)cc2N)oc1C. The van der Waals surface area contributed by atoms with Gasteiger partial charge in [0.1, 0.15) is 11.6 Å². The lowest BCUT2D eigenvalue weighted by Gasteiger charge is -2.05. The minimum absolute atomic E-state index is 0.438. The number of nitrogens with two attached hydrogens (primary N) is 1.